The van der Waals surface area contributed by atoms with Crippen LogP contribution in [0.15, 0.2) is 0 Å². The number of hydrogen-bond donors (Lipinski definition) is 4. The number of hydrogen-bond acceptors (Lipinski definition) is 4. The lowest BCUT2D eigenvalue weighted by Gasteiger charge is -2.21. The fourth-order valence-corrected chi connectivity index (χ4v) is 1.67. The van der Waals surface area contributed by atoms with Crippen LogP contribution in [-0.4, -0.2) is 40.2 Å². The third-order valence-corrected chi connectivity index (χ3v) is 3.73. The minimum absolute atomic E-state index is 0.170. The second-order valence-corrected chi connectivity index (χ2v) is 7.20. The van der Waals surface area contributed by atoms with Crippen molar-refractivity contribution in [3.8, 4) is 0 Å². The van der Waals surface area contributed by atoms with Gasteiger partial charge in [0, 0.05) is 0 Å². The van der Waals surface area contributed by atoms with E-state index in [-0.39, 0.29) is 12.5 Å². The van der Waals surface area contributed by atoms with Gasteiger partial charge in [-0.1, -0.05) is 27.2 Å². The molecule has 0 aliphatic heterocycles. The predicted octanol–water partition coefficient (Wildman–Crippen LogP) is 1.18. The molecule has 0 rings (SSSR count). The zero-order chi connectivity index (χ0) is 16.6. The van der Waals surface area contributed by atoms with Gasteiger partial charge in [0.25, 0.3) is 0 Å². The Balaban J connectivity index is 4.56. The fourth-order valence-electron chi connectivity index (χ4n) is 1.37. The van der Waals surface area contributed by atoms with E-state index in [1.165, 1.54) is 6.92 Å². The van der Waals surface area contributed by atoms with Crippen LogP contribution in [0.2, 0.25) is 0 Å². The second kappa shape index (κ2) is 9.02. The first-order valence-corrected chi connectivity index (χ1v) is 8.55. The third-order valence-electron chi connectivity index (χ3n) is 2.59. The van der Waals surface area contributed by atoms with Crippen LogP contribution in [0, 0.1) is 5.92 Å². The summed E-state index contributed by atoms with van der Waals surface area (Å²) in [6.07, 6.45) is 0.240. The lowest BCUT2D eigenvalue weighted by Crippen LogP contribution is -2.49. The third kappa shape index (κ3) is 8.70. The molecular formula is C12H25N2O6P. The molecule has 0 aromatic heterocycles. The molecule has 0 spiro atoms. The van der Waals surface area contributed by atoms with Crippen molar-refractivity contribution in [3.63, 3.8) is 0 Å². The number of rotatable bonds is 8. The van der Waals surface area contributed by atoms with Gasteiger partial charge in [0.1, 0.15) is 11.8 Å². The van der Waals surface area contributed by atoms with Gasteiger partial charge in [-0.25, -0.2) is 4.79 Å². The van der Waals surface area contributed by atoms with E-state index in [9.17, 15) is 14.2 Å². The van der Waals surface area contributed by atoms with Gasteiger partial charge in [-0.15, -0.1) is 0 Å². The molecule has 2 atom stereocenters. The zero-order valence-electron chi connectivity index (χ0n) is 12.8. The average Bonchev–Trinajstić information content (AvgIpc) is 2.34. The Morgan fingerprint density at radius 2 is 1.76 bits per heavy atom. The van der Waals surface area contributed by atoms with E-state index >= 15 is 0 Å². The average molecular weight is 324 g/mol. The van der Waals surface area contributed by atoms with Crippen molar-refractivity contribution in [1.82, 2.24) is 10.6 Å². The van der Waals surface area contributed by atoms with Gasteiger partial charge in [0.15, 0.2) is 0 Å². The summed E-state index contributed by atoms with van der Waals surface area (Å²) in [5.74, 6) is -1.78. The predicted molar refractivity (Wildman–Crippen MR) is 77.7 cm³/mol. The molecule has 0 unspecified atom stereocenters. The molecule has 0 aromatic carbocycles. The Morgan fingerprint density at radius 1 is 1.19 bits per heavy atom. The molecular weight excluding hydrogens is 299 g/mol. The number of nitrogens with one attached hydrogen (secondary N) is 2. The molecule has 9 heteroatoms. The van der Waals surface area contributed by atoms with Gasteiger partial charge in [-0.2, -0.15) is 0 Å². The van der Waals surface area contributed by atoms with Crippen molar-refractivity contribution >= 4 is 19.6 Å². The molecule has 0 fully saturated rings. The van der Waals surface area contributed by atoms with Crippen LogP contribution in [0.1, 0.15) is 40.5 Å². The molecule has 0 bridgehead atoms. The highest BCUT2D eigenvalue weighted by molar-refractivity contribution is 7.52. The summed E-state index contributed by atoms with van der Waals surface area (Å²) in [6.45, 7) is 7.02. The van der Waals surface area contributed by atoms with Crippen molar-refractivity contribution in [1.29, 1.82) is 0 Å². The molecule has 21 heavy (non-hydrogen) atoms. The summed E-state index contributed by atoms with van der Waals surface area (Å²) in [7, 11) is -4.41. The molecule has 8 nitrogen and oxygen atoms in total. The molecule has 2 amide bonds. The van der Waals surface area contributed by atoms with Crippen LogP contribution in [0.25, 0.3) is 0 Å². The Bertz CT molecular complexity index is 395. The molecule has 0 aliphatic rings. The van der Waals surface area contributed by atoms with Crippen molar-refractivity contribution in [2.75, 3.05) is 6.61 Å². The molecule has 0 saturated carbocycles. The minimum Gasteiger partial charge on any atom is -0.449 e. The SMILES string of the molecule is CCC[C@H](NC(=O)OCC(C)C)C(=O)N[C@@H](C)P(=O)(O)O. The van der Waals surface area contributed by atoms with E-state index in [2.05, 4.69) is 10.6 Å². The van der Waals surface area contributed by atoms with Crippen molar-refractivity contribution < 1.29 is 28.7 Å². The lowest BCUT2D eigenvalue weighted by molar-refractivity contribution is -0.123. The Morgan fingerprint density at radius 3 is 2.19 bits per heavy atom. The van der Waals surface area contributed by atoms with Gasteiger partial charge in [0.05, 0.1) is 6.61 Å². The normalized spacial score (nSPS) is 14.4. The highest BCUT2D eigenvalue weighted by Gasteiger charge is 2.29. The van der Waals surface area contributed by atoms with Crippen molar-refractivity contribution in [2.45, 2.75) is 52.4 Å². The standard InChI is InChI=1S/C12H25N2O6P/c1-5-6-10(14-12(16)20-7-8(2)3)11(15)13-9(4)21(17,18)19/h8-10H,5-7H2,1-4H3,(H,13,15)(H,14,16)(H2,17,18,19)/t9-,10+/m1/s1. The van der Waals surface area contributed by atoms with Crippen LogP contribution in [0.4, 0.5) is 4.79 Å². The number of alkyl carbamates (subject to hydrolysis) is 1. The highest BCUT2D eigenvalue weighted by Crippen LogP contribution is 2.39. The first-order chi connectivity index (χ1) is 9.57. The largest absolute Gasteiger partial charge is 0.449 e. The Labute approximate surface area is 124 Å². The Kier molecular flexibility index (Phi) is 8.54. The summed E-state index contributed by atoms with van der Waals surface area (Å²) in [6, 6.07) is -0.885. The molecule has 0 aliphatic carbocycles. The topological polar surface area (TPSA) is 125 Å². The highest BCUT2D eigenvalue weighted by atomic mass is 31.2. The summed E-state index contributed by atoms with van der Waals surface area (Å²) in [5.41, 5.74) is 0. The monoisotopic (exact) mass is 324 g/mol. The molecule has 124 valence electrons. The first kappa shape index (κ1) is 19.9. The Hall–Kier alpha value is -1.11. The van der Waals surface area contributed by atoms with E-state index in [1.54, 1.807) is 0 Å². The second-order valence-electron chi connectivity index (χ2n) is 5.25. The first-order valence-electron chi connectivity index (χ1n) is 6.86. The minimum atomic E-state index is -4.41. The maximum atomic E-state index is 11.9. The van der Waals surface area contributed by atoms with E-state index in [4.69, 9.17) is 14.5 Å². The summed E-state index contributed by atoms with van der Waals surface area (Å²) < 4.78 is 15.9. The number of amides is 2. The van der Waals surface area contributed by atoms with Gasteiger partial charge >= 0.3 is 13.7 Å². The molecule has 0 heterocycles. The van der Waals surface area contributed by atoms with Crippen LogP contribution in [0.5, 0.6) is 0 Å². The van der Waals surface area contributed by atoms with Gasteiger partial charge < -0.3 is 25.2 Å². The van der Waals surface area contributed by atoms with Gasteiger partial charge in [-0.3, -0.25) is 9.36 Å². The van der Waals surface area contributed by atoms with Crippen LogP contribution in [0.3, 0.4) is 0 Å². The quantitative estimate of drug-likeness (QED) is 0.497. The van der Waals surface area contributed by atoms with Crippen molar-refractivity contribution in [3.05, 3.63) is 0 Å². The number of ether oxygens (including phenoxy) is 1. The van der Waals surface area contributed by atoms with Crippen molar-refractivity contribution in [2.24, 2.45) is 5.92 Å². The maximum absolute atomic E-state index is 11.9. The smallest absolute Gasteiger partial charge is 0.407 e. The summed E-state index contributed by atoms with van der Waals surface area (Å²) in [5, 5.41) is 4.61. The van der Waals surface area contributed by atoms with E-state index in [0.29, 0.717) is 12.8 Å². The van der Waals surface area contributed by atoms with Gasteiger partial charge in [0.2, 0.25) is 5.91 Å². The molecule has 0 saturated heterocycles. The van der Waals surface area contributed by atoms with Gasteiger partial charge in [-0.05, 0) is 19.3 Å². The van der Waals surface area contributed by atoms with Crippen LogP contribution in [-0.2, 0) is 14.1 Å². The van der Waals surface area contributed by atoms with E-state index < -0.39 is 31.4 Å². The molecule has 0 aromatic rings. The number of carbonyl (C=O) groups is 2. The van der Waals surface area contributed by atoms with E-state index in [1.807, 2.05) is 20.8 Å². The molecule has 4 N–H and O–H groups in total. The number of carbonyl (C=O) groups excluding carboxylic acids is 2. The van der Waals surface area contributed by atoms with E-state index in [0.717, 1.165) is 0 Å². The molecule has 0 radical (unpaired) electrons. The summed E-state index contributed by atoms with van der Waals surface area (Å²) in [4.78, 5) is 41.4. The maximum Gasteiger partial charge on any atom is 0.407 e. The fraction of sp³-hybridized carbons (Fsp3) is 0.833. The van der Waals surface area contributed by atoms with Crippen LogP contribution < -0.4 is 10.6 Å². The zero-order valence-corrected chi connectivity index (χ0v) is 13.7. The summed E-state index contributed by atoms with van der Waals surface area (Å²) >= 11 is 0. The van der Waals surface area contributed by atoms with Crippen LogP contribution >= 0.6 is 7.60 Å². The lowest BCUT2D eigenvalue weighted by atomic mass is 10.1.